The topological polar surface area (TPSA) is 92.8 Å². The third-order valence-electron chi connectivity index (χ3n) is 3.21. The molecule has 1 N–H and O–H groups in total. The zero-order valence-electron chi connectivity index (χ0n) is 10.8. The molecular weight excluding hydrogens is 250 g/mol. The summed E-state index contributed by atoms with van der Waals surface area (Å²) < 4.78 is -0.690. The molecule has 0 spiro atoms. The molecule has 19 heavy (non-hydrogen) atoms. The first-order valence-corrected chi connectivity index (χ1v) is 5.68. The SMILES string of the molecule is CC(C)(C)[N+]1(C(=O)O)N=Cc2c([N+](=O)[O-])cccc21. The van der Waals surface area contributed by atoms with Gasteiger partial charge >= 0.3 is 6.09 Å². The van der Waals surface area contributed by atoms with Crippen molar-refractivity contribution in [2.75, 3.05) is 0 Å². The second-order valence-electron chi connectivity index (χ2n) is 5.30. The summed E-state index contributed by atoms with van der Waals surface area (Å²) >= 11 is 0. The molecule has 0 aliphatic carbocycles. The molecule has 0 fully saturated rings. The molecule has 7 heteroatoms. The van der Waals surface area contributed by atoms with Crippen LogP contribution in [0.2, 0.25) is 0 Å². The number of nitrogens with zero attached hydrogens (tertiary/aromatic N) is 3. The highest BCUT2D eigenvalue weighted by molar-refractivity contribution is 6.02. The number of hydrogen-bond acceptors (Lipinski definition) is 4. The van der Waals surface area contributed by atoms with Gasteiger partial charge in [-0.3, -0.25) is 10.1 Å². The number of carboxylic acid groups (broad SMARTS) is 1. The number of hydrogen-bond donors (Lipinski definition) is 1. The first kappa shape index (κ1) is 13.2. The molecule has 1 aromatic carbocycles. The summed E-state index contributed by atoms with van der Waals surface area (Å²) in [4.78, 5) is 22.2. The average Bonchev–Trinajstić information content (AvgIpc) is 2.67. The Balaban J connectivity index is 2.78. The summed E-state index contributed by atoms with van der Waals surface area (Å²) in [6.45, 7) is 5.19. The van der Waals surface area contributed by atoms with E-state index in [9.17, 15) is 20.0 Å². The second-order valence-corrected chi connectivity index (χ2v) is 5.30. The van der Waals surface area contributed by atoms with E-state index in [4.69, 9.17) is 0 Å². The lowest BCUT2D eigenvalue weighted by molar-refractivity contribution is -0.384. The van der Waals surface area contributed by atoms with Crippen molar-refractivity contribution in [3.8, 4) is 0 Å². The zero-order valence-corrected chi connectivity index (χ0v) is 10.8. The van der Waals surface area contributed by atoms with E-state index in [-0.39, 0.29) is 11.3 Å². The number of benzene rings is 1. The third kappa shape index (κ3) is 1.62. The molecule has 0 bridgehead atoms. The van der Waals surface area contributed by atoms with Crippen LogP contribution in [0.3, 0.4) is 0 Å². The molecule has 1 aliphatic rings. The summed E-state index contributed by atoms with van der Waals surface area (Å²) in [6, 6.07) is 4.39. The summed E-state index contributed by atoms with van der Waals surface area (Å²) in [6.07, 6.45) is 0.107. The van der Waals surface area contributed by atoms with Crippen molar-refractivity contribution in [3.63, 3.8) is 0 Å². The van der Waals surface area contributed by atoms with Gasteiger partial charge in [0.1, 0.15) is 17.3 Å². The van der Waals surface area contributed by atoms with Crippen LogP contribution in [-0.2, 0) is 0 Å². The lowest BCUT2D eigenvalue weighted by Crippen LogP contribution is -2.60. The van der Waals surface area contributed by atoms with Crippen molar-refractivity contribution >= 4 is 23.7 Å². The van der Waals surface area contributed by atoms with Crippen molar-refractivity contribution in [3.05, 3.63) is 33.9 Å². The monoisotopic (exact) mass is 264 g/mol. The molecule has 1 aliphatic heterocycles. The molecule has 7 nitrogen and oxygen atoms in total. The first-order valence-electron chi connectivity index (χ1n) is 5.68. The van der Waals surface area contributed by atoms with E-state index in [2.05, 4.69) is 5.10 Å². The van der Waals surface area contributed by atoms with Crippen LogP contribution in [-0.4, -0.2) is 27.9 Å². The van der Waals surface area contributed by atoms with E-state index in [1.54, 1.807) is 26.8 Å². The highest BCUT2D eigenvalue weighted by Gasteiger charge is 2.56. The Morgan fingerprint density at radius 3 is 2.53 bits per heavy atom. The lowest BCUT2D eigenvalue weighted by atomic mass is 10.0. The highest BCUT2D eigenvalue weighted by atomic mass is 16.6. The molecule has 0 radical (unpaired) electrons. The van der Waals surface area contributed by atoms with Gasteiger partial charge in [-0.2, -0.15) is 4.79 Å². The van der Waals surface area contributed by atoms with Crippen LogP contribution in [0.1, 0.15) is 26.3 Å². The summed E-state index contributed by atoms with van der Waals surface area (Å²) in [7, 11) is 0. The maximum absolute atomic E-state index is 11.7. The van der Waals surface area contributed by atoms with Crippen LogP contribution in [0.25, 0.3) is 0 Å². The van der Waals surface area contributed by atoms with E-state index in [0.717, 1.165) is 0 Å². The predicted molar refractivity (Wildman–Crippen MR) is 70.3 cm³/mol. The van der Waals surface area contributed by atoms with E-state index in [0.29, 0.717) is 5.69 Å². The molecule has 1 atom stereocenters. The standard InChI is InChI=1S/C12H13N3O4/c1-12(2,3)15(11(16)17)10-6-4-5-9(14(18)19)8(10)7-13-15/h4-7H,1-3H3/p+1. The molecule has 1 unspecified atom stereocenters. The number of nitro benzene ring substituents is 1. The average molecular weight is 264 g/mol. The minimum Gasteiger partial charge on any atom is -0.433 e. The third-order valence-corrected chi connectivity index (χ3v) is 3.21. The second kappa shape index (κ2) is 3.86. The molecule has 100 valence electrons. The fourth-order valence-corrected chi connectivity index (χ4v) is 2.30. The van der Waals surface area contributed by atoms with E-state index in [1.165, 1.54) is 18.3 Å². The molecule has 1 amide bonds. The zero-order chi connectivity index (χ0) is 14.4. The van der Waals surface area contributed by atoms with Crippen molar-refractivity contribution in [2.24, 2.45) is 5.10 Å². The Labute approximate surface area is 109 Å². The van der Waals surface area contributed by atoms with Gasteiger partial charge in [0.2, 0.25) is 0 Å². The molecule has 0 aromatic heterocycles. The summed E-state index contributed by atoms with van der Waals surface area (Å²) in [5, 5.41) is 24.6. The normalized spacial score (nSPS) is 21.2. The lowest BCUT2D eigenvalue weighted by Gasteiger charge is -2.34. The van der Waals surface area contributed by atoms with Gasteiger partial charge in [-0.25, -0.2) is 0 Å². The maximum Gasteiger partial charge on any atom is 0.546 e. The molecule has 0 saturated carbocycles. The van der Waals surface area contributed by atoms with Crippen molar-refractivity contribution in [2.45, 2.75) is 26.3 Å². The molecule has 0 saturated heterocycles. The van der Waals surface area contributed by atoms with Gasteiger partial charge in [0, 0.05) is 12.1 Å². The minimum atomic E-state index is -1.16. The molecule has 1 heterocycles. The van der Waals surface area contributed by atoms with Crippen LogP contribution in [0.15, 0.2) is 23.3 Å². The smallest absolute Gasteiger partial charge is 0.433 e. The Hall–Kier alpha value is -2.28. The number of rotatable bonds is 1. The molecular formula is C12H14N3O4+. The predicted octanol–water partition coefficient (Wildman–Crippen LogP) is 2.73. The fourth-order valence-electron chi connectivity index (χ4n) is 2.30. The largest absolute Gasteiger partial charge is 0.546 e. The fraction of sp³-hybridized carbons (Fsp3) is 0.333. The van der Waals surface area contributed by atoms with Gasteiger partial charge in [-0.1, -0.05) is 9.69 Å². The highest BCUT2D eigenvalue weighted by Crippen LogP contribution is 2.43. The van der Waals surface area contributed by atoms with Crippen LogP contribution in [0, 0.1) is 10.1 Å². The van der Waals surface area contributed by atoms with Gasteiger partial charge in [0.25, 0.3) is 5.69 Å². The van der Waals surface area contributed by atoms with Crippen LogP contribution >= 0.6 is 0 Å². The Morgan fingerprint density at radius 1 is 1.42 bits per heavy atom. The van der Waals surface area contributed by atoms with Crippen molar-refractivity contribution in [1.82, 2.24) is 4.59 Å². The van der Waals surface area contributed by atoms with Crippen LogP contribution < -0.4 is 4.59 Å². The van der Waals surface area contributed by atoms with E-state index >= 15 is 0 Å². The van der Waals surface area contributed by atoms with E-state index in [1.807, 2.05) is 0 Å². The van der Waals surface area contributed by atoms with Crippen molar-refractivity contribution < 1.29 is 14.8 Å². The number of nitro groups is 1. The maximum atomic E-state index is 11.7. The summed E-state index contributed by atoms with van der Waals surface area (Å²) in [5.41, 5.74) is -0.325. The molecule has 1 aromatic rings. The van der Waals surface area contributed by atoms with Gasteiger partial charge in [-0.15, -0.1) is 0 Å². The van der Waals surface area contributed by atoms with Crippen LogP contribution in [0.5, 0.6) is 0 Å². The Morgan fingerprint density at radius 2 is 2.05 bits per heavy atom. The quantitative estimate of drug-likeness (QED) is 0.479. The number of amides is 1. The van der Waals surface area contributed by atoms with Crippen LogP contribution in [0.4, 0.5) is 16.2 Å². The van der Waals surface area contributed by atoms with Crippen molar-refractivity contribution in [1.29, 1.82) is 0 Å². The van der Waals surface area contributed by atoms with Gasteiger partial charge in [0.15, 0.2) is 5.69 Å². The Kier molecular flexibility index (Phi) is 2.67. The number of quaternary nitrogens is 1. The Bertz CT molecular complexity index is 603. The van der Waals surface area contributed by atoms with E-state index < -0.39 is 21.1 Å². The summed E-state index contributed by atoms with van der Waals surface area (Å²) in [5.74, 6) is 0. The number of carbonyl (C=O) groups is 1. The van der Waals surface area contributed by atoms with Gasteiger partial charge in [-0.05, 0) is 26.8 Å². The van der Waals surface area contributed by atoms with Gasteiger partial charge in [0.05, 0.1) is 4.92 Å². The molecule has 2 rings (SSSR count). The first-order chi connectivity index (χ1) is 8.72. The number of fused-ring (bicyclic) bond motifs is 1. The minimum absolute atomic E-state index is 0.133. The van der Waals surface area contributed by atoms with Gasteiger partial charge < -0.3 is 5.11 Å².